The van der Waals surface area contributed by atoms with Crippen molar-refractivity contribution in [3.63, 3.8) is 0 Å². The number of hydrogen-bond acceptors (Lipinski definition) is 6. The molecule has 0 saturated carbocycles. The van der Waals surface area contributed by atoms with Crippen LogP contribution in [0.15, 0.2) is 107 Å². The Morgan fingerprint density at radius 3 is 2.02 bits per heavy atom. The molecule has 10 heteroatoms. The zero-order chi connectivity index (χ0) is 28.3. The molecular formula is C30H28F2N2O6. The highest BCUT2D eigenvalue weighted by molar-refractivity contribution is 5.49. The normalized spacial score (nSPS) is 22.8. The summed E-state index contributed by atoms with van der Waals surface area (Å²) in [6.07, 6.45) is -4.45. The van der Waals surface area contributed by atoms with Crippen LogP contribution in [0.5, 0.6) is 5.75 Å². The fraction of sp³-hybridized carbons (Fsp3) is 0.267. The number of benzene rings is 3. The molecule has 0 bridgehead atoms. The summed E-state index contributed by atoms with van der Waals surface area (Å²) in [6.45, 7) is -2.25. The summed E-state index contributed by atoms with van der Waals surface area (Å²) in [6, 6.07) is 26.1. The molecule has 1 aliphatic rings. The van der Waals surface area contributed by atoms with Crippen LogP contribution in [-0.2, 0) is 15.1 Å². The van der Waals surface area contributed by atoms with E-state index in [9.17, 15) is 19.1 Å². The van der Waals surface area contributed by atoms with E-state index in [0.29, 0.717) is 22.4 Å². The quantitative estimate of drug-likeness (QED) is 0.310. The summed E-state index contributed by atoms with van der Waals surface area (Å²) in [7, 11) is 1.53. The monoisotopic (exact) mass is 550 g/mol. The topological polar surface area (TPSA) is 103 Å². The molecule has 0 amide bonds. The molecular weight excluding hydrogens is 522 g/mol. The third-order valence-electron chi connectivity index (χ3n) is 7.22. The first-order valence-corrected chi connectivity index (χ1v) is 12.6. The van der Waals surface area contributed by atoms with E-state index >= 15 is 4.39 Å². The lowest BCUT2D eigenvalue weighted by atomic mass is 9.79. The number of methoxy groups -OCH3 is 1. The van der Waals surface area contributed by atoms with Crippen LogP contribution < -0.4 is 16.0 Å². The molecule has 4 atom stereocenters. The van der Waals surface area contributed by atoms with Gasteiger partial charge in [-0.15, -0.1) is 0 Å². The Balaban J connectivity index is 1.73. The number of H-pyrrole nitrogens is 1. The van der Waals surface area contributed by atoms with Crippen LogP contribution in [0.25, 0.3) is 0 Å². The molecule has 1 aliphatic heterocycles. The van der Waals surface area contributed by atoms with E-state index in [4.69, 9.17) is 14.2 Å². The van der Waals surface area contributed by atoms with Gasteiger partial charge < -0.3 is 19.3 Å². The molecule has 0 unspecified atom stereocenters. The van der Waals surface area contributed by atoms with Crippen molar-refractivity contribution in [1.29, 1.82) is 0 Å². The molecule has 4 aromatic rings. The molecule has 3 aromatic carbocycles. The fourth-order valence-electron chi connectivity index (χ4n) is 5.17. The van der Waals surface area contributed by atoms with Gasteiger partial charge in [-0.05, 0) is 28.8 Å². The van der Waals surface area contributed by atoms with Crippen LogP contribution >= 0.6 is 0 Å². The number of aromatic amines is 1. The second-order valence-corrected chi connectivity index (χ2v) is 9.51. The highest BCUT2D eigenvalue weighted by Crippen LogP contribution is 2.48. The Bertz CT molecular complexity index is 1500. The third kappa shape index (κ3) is 4.64. The Hall–Kier alpha value is -4.12. The van der Waals surface area contributed by atoms with Crippen molar-refractivity contribution < 1.29 is 28.1 Å². The van der Waals surface area contributed by atoms with Crippen molar-refractivity contribution in [3.05, 3.63) is 135 Å². The minimum atomic E-state index is -2.17. The molecule has 1 fully saturated rings. The van der Waals surface area contributed by atoms with Crippen molar-refractivity contribution in [3.8, 4) is 5.75 Å². The van der Waals surface area contributed by atoms with Crippen molar-refractivity contribution >= 4 is 0 Å². The highest BCUT2D eigenvalue weighted by Gasteiger charge is 2.60. The third-order valence-corrected chi connectivity index (χ3v) is 7.22. The summed E-state index contributed by atoms with van der Waals surface area (Å²) in [5.41, 5.74) is -3.52. The summed E-state index contributed by atoms with van der Waals surface area (Å²) >= 11 is 0. The molecule has 0 radical (unpaired) electrons. The number of aliphatic hydroxyl groups is 1. The van der Waals surface area contributed by atoms with Gasteiger partial charge in [-0.2, -0.15) is 0 Å². The number of halogens is 2. The molecule has 1 saturated heterocycles. The average molecular weight is 551 g/mol. The number of ether oxygens (including phenoxy) is 3. The maximum Gasteiger partial charge on any atom is 0.330 e. The van der Waals surface area contributed by atoms with Gasteiger partial charge in [-0.25, -0.2) is 13.6 Å². The number of nitrogens with one attached hydrogen (secondary N) is 1. The van der Waals surface area contributed by atoms with Gasteiger partial charge in [0.05, 0.1) is 13.7 Å². The Labute approximate surface area is 228 Å². The van der Waals surface area contributed by atoms with Crippen LogP contribution in [0, 0.1) is 0 Å². The van der Waals surface area contributed by atoms with Gasteiger partial charge >= 0.3 is 5.69 Å². The first kappa shape index (κ1) is 27.4. The number of hydrogen-bond donors (Lipinski definition) is 2. The zero-order valence-electron chi connectivity index (χ0n) is 21.6. The smallest absolute Gasteiger partial charge is 0.330 e. The Morgan fingerprint density at radius 2 is 1.52 bits per heavy atom. The van der Waals surface area contributed by atoms with E-state index in [2.05, 4.69) is 0 Å². The molecule has 2 heterocycles. The molecule has 1 aromatic heterocycles. The Morgan fingerprint density at radius 1 is 0.950 bits per heavy atom. The first-order valence-electron chi connectivity index (χ1n) is 12.6. The lowest BCUT2D eigenvalue weighted by Crippen LogP contribution is -2.53. The van der Waals surface area contributed by atoms with Crippen molar-refractivity contribution in [2.75, 3.05) is 20.4 Å². The van der Waals surface area contributed by atoms with E-state index in [0.717, 1.165) is 16.8 Å². The van der Waals surface area contributed by atoms with Crippen LogP contribution in [0.3, 0.4) is 0 Å². The van der Waals surface area contributed by atoms with E-state index in [1.54, 1.807) is 72.8 Å². The van der Waals surface area contributed by atoms with Crippen LogP contribution in [0.1, 0.15) is 22.9 Å². The van der Waals surface area contributed by atoms with Gasteiger partial charge in [0.25, 0.3) is 5.56 Å². The Kier molecular flexibility index (Phi) is 7.66. The molecule has 0 spiro atoms. The summed E-state index contributed by atoms with van der Waals surface area (Å²) in [5, 5.41) is 10.4. The van der Waals surface area contributed by atoms with Crippen molar-refractivity contribution in [2.24, 2.45) is 0 Å². The van der Waals surface area contributed by atoms with E-state index in [-0.39, 0.29) is 0 Å². The summed E-state index contributed by atoms with van der Waals surface area (Å²) < 4.78 is 49.9. The molecule has 5 rings (SSSR count). The van der Waals surface area contributed by atoms with Gasteiger partial charge in [0.2, 0.25) is 0 Å². The number of alkyl halides is 2. The van der Waals surface area contributed by atoms with Crippen LogP contribution in [0.4, 0.5) is 8.78 Å². The van der Waals surface area contributed by atoms with Gasteiger partial charge in [-0.1, -0.05) is 72.8 Å². The van der Waals surface area contributed by atoms with E-state index < -0.39 is 54.2 Å². The van der Waals surface area contributed by atoms with Crippen molar-refractivity contribution in [1.82, 2.24) is 9.55 Å². The molecule has 40 heavy (non-hydrogen) atoms. The SMILES string of the molecule is COc1ccc(C(O[C@H]2[C@H](F)[C@H](n3ccc(=O)[nH]c3=O)O[C@@]2(CO)CF)(c2ccccc2)c2ccccc2)cc1. The maximum atomic E-state index is 16.5. The minimum absolute atomic E-state index is 0.577. The second-order valence-electron chi connectivity index (χ2n) is 9.51. The zero-order valence-corrected chi connectivity index (χ0v) is 21.6. The fourth-order valence-corrected chi connectivity index (χ4v) is 5.17. The maximum absolute atomic E-state index is 16.5. The van der Waals surface area contributed by atoms with Gasteiger partial charge in [0, 0.05) is 12.3 Å². The molecule has 8 nitrogen and oxygen atoms in total. The van der Waals surface area contributed by atoms with Crippen LogP contribution in [0.2, 0.25) is 0 Å². The largest absolute Gasteiger partial charge is 0.497 e. The number of rotatable bonds is 9. The van der Waals surface area contributed by atoms with Gasteiger partial charge in [0.1, 0.15) is 24.1 Å². The minimum Gasteiger partial charge on any atom is -0.497 e. The first-order chi connectivity index (χ1) is 19.4. The molecule has 0 aliphatic carbocycles. The lowest BCUT2D eigenvalue weighted by molar-refractivity contribution is -0.172. The lowest BCUT2D eigenvalue weighted by Gasteiger charge is -2.41. The molecule has 2 N–H and O–H groups in total. The number of aliphatic hydroxyl groups excluding tert-OH is 1. The van der Waals surface area contributed by atoms with Crippen LogP contribution in [-0.4, -0.2) is 52.9 Å². The van der Waals surface area contributed by atoms with E-state index in [1.807, 2.05) is 17.1 Å². The highest BCUT2D eigenvalue weighted by atomic mass is 19.1. The second kappa shape index (κ2) is 11.2. The van der Waals surface area contributed by atoms with Gasteiger partial charge in [0.15, 0.2) is 18.0 Å². The summed E-state index contributed by atoms with van der Waals surface area (Å²) in [4.78, 5) is 26.2. The standard InChI is InChI=1S/C30H28F2N2O6/c1-38-23-14-12-22(13-15-23)30(20-8-4-2-5-9-20,21-10-6-3-7-11-21)39-26-25(32)27(40-29(26,18-31)19-35)34-17-16-24(36)33-28(34)37/h2-17,25-27,35H,18-19H2,1H3,(H,33,36,37)/t25-,26-,27+,29+/m0/s1. The number of nitrogens with zero attached hydrogens (tertiary/aromatic N) is 1. The van der Waals surface area contributed by atoms with Gasteiger partial charge in [-0.3, -0.25) is 14.3 Å². The average Bonchev–Trinajstić information content (AvgIpc) is 3.27. The number of aromatic nitrogens is 2. The van der Waals surface area contributed by atoms with E-state index in [1.165, 1.54) is 7.11 Å². The summed E-state index contributed by atoms with van der Waals surface area (Å²) in [5.74, 6) is 0.581. The van der Waals surface area contributed by atoms with Crippen molar-refractivity contribution in [2.45, 2.75) is 29.7 Å². The predicted molar refractivity (Wildman–Crippen MR) is 143 cm³/mol. The predicted octanol–water partition coefficient (Wildman–Crippen LogP) is 3.49. The molecule has 208 valence electrons.